The number of carboxylic acids is 1. The van der Waals surface area contributed by atoms with Gasteiger partial charge in [0.2, 0.25) is 5.91 Å². The van der Waals surface area contributed by atoms with Crippen LogP contribution in [-0.4, -0.2) is 17.0 Å². The third kappa shape index (κ3) is 2.98. The van der Waals surface area contributed by atoms with Crippen LogP contribution in [0.15, 0.2) is 18.2 Å². The molecule has 108 valence electrons. The lowest BCUT2D eigenvalue weighted by Crippen LogP contribution is -2.32. The van der Waals surface area contributed by atoms with Crippen LogP contribution in [0.5, 0.6) is 0 Å². The van der Waals surface area contributed by atoms with Crippen LogP contribution < -0.4 is 5.32 Å². The SMILES string of the molecule is Cc1ccc(NC(=O)CC2(C(=O)O)CCCC2)cc1F. The molecule has 1 amide bonds. The van der Waals surface area contributed by atoms with E-state index in [1.807, 2.05) is 0 Å². The first-order valence-corrected chi connectivity index (χ1v) is 6.72. The van der Waals surface area contributed by atoms with Gasteiger partial charge in [0.1, 0.15) is 5.82 Å². The van der Waals surface area contributed by atoms with Gasteiger partial charge in [0.05, 0.1) is 5.41 Å². The molecule has 5 heteroatoms. The number of hydrogen-bond donors (Lipinski definition) is 2. The molecule has 1 fully saturated rings. The summed E-state index contributed by atoms with van der Waals surface area (Å²) < 4.78 is 13.4. The zero-order valence-electron chi connectivity index (χ0n) is 11.4. The van der Waals surface area contributed by atoms with Gasteiger partial charge in [-0.2, -0.15) is 0 Å². The van der Waals surface area contributed by atoms with Gasteiger partial charge in [-0.15, -0.1) is 0 Å². The molecule has 20 heavy (non-hydrogen) atoms. The highest BCUT2D eigenvalue weighted by atomic mass is 19.1. The second-order valence-corrected chi connectivity index (χ2v) is 5.48. The predicted octanol–water partition coefficient (Wildman–Crippen LogP) is 3.11. The van der Waals surface area contributed by atoms with Crippen LogP contribution in [0.4, 0.5) is 10.1 Å². The highest BCUT2D eigenvalue weighted by Gasteiger charge is 2.42. The maximum atomic E-state index is 13.4. The first-order valence-electron chi connectivity index (χ1n) is 6.72. The number of carboxylic acid groups (broad SMARTS) is 1. The van der Waals surface area contributed by atoms with Gasteiger partial charge < -0.3 is 10.4 Å². The summed E-state index contributed by atoms with van der Waals surface area (Å²) in [5.41, 5.74) is -0.0923. The Morgan fingerprint density at radius 2 is 2.00 bits per heavy atom. The topological polar surface area (TPSA) is 66.4 Å². The van der Waals surface area contributed by atoms with Crippen molar-refractivity contribution in [3.8, 4) is 0 Å². The number of anilines is 1. The summed E-state index contributed by atoms with van der Waals surface area (Å²) in [7, 11) is 0. The number of hydrogen-bond acceptors (Lipinski definition) is 2. The number of aryl methyl sites for hydroxylation is 1. The molecule has 1 aliphatic rings. The van der Waals surface area contributed by atoms with Gasteiger partial charge >= 0.3 is 5.97 Å². The summed E-state index contributed by atoms with van der Waals surface area (Å²) in [6.45, 7) is 1.64. The number of rotatable bonds is 4. The van der Waals surface area contributed by atoms with Crippen molar-refractivity contribution in [2.24, 2.45) is 5.41 Å². The predicted molar refractivity (Wildman–Crippen MR) is 72.9 cm³/mol. The van der Waals surface area contributed by atoms with E-state index in [4.69, 9.17) is 0 Å². The second kappa shape index (κ2) is 5.61. The Hall–Kier alpha value is -1.91. The number of nitrogens with one attached hydrogen (secondary N) is 1. The van der Waals surface area contributed by atoms with Gasteiger partial charge in [-0.25, -0.2) is 4.39 Å². The van der Waals surface area contributed by atoms with Crippen molar-refractivity contribution in [2.75, 3.05) is 5.32 Å². The molecule has 0 unspecified atom stereocenters. The van der Waals surface area contributed by atoms with Crippen LogP contribution in [0.3, 0.4) is 0 Å². The number of halogens is 1. The lowest BCUT2D eigenvalue weighted by molar-refractivity contribution is -0.150. The van der Waals surface area contributed by atoms with E-state index in [0.717, 1.165) is 12.8 Å². The van der Waals surface area contributed by atoms with E-state index in [9.17, 15) is 19.1 Å². The number of carbonyl (C=O) groups excluding carboxylic acids is 1. The molecule has 4 nitrogen and oxygen atoms in total. The third-order valence-electron chi connectivity index (χ3n) is 3.97. The quantitative estimate of drug-likeness (QED) is 0.890. The van der Waals surface area contributed by atoms with Crippen molar-refractivity contribution < 1.29 is 19.1 Å². The standard InChI is InChI=1S/C15H18FNO3/c1-10-4-5-11(8-12(10)16)17-13(18)9-15(14(19)20)6-2-3-7-15/h4-5,8H,2-3,6-7,9H2,1H3,(H,17,18)(H,19,20). The third-order valence-corrected chi connectivity index (χ3v) is 3.97. The van der Waals surface area contributed by atoms with E-state index in [0.29, 0.717) is 24.1 Å². The maximum Gasteiger partial charge on any atom is 0.310 e. The fraction of sp³-hybridized carbons (Fsp3) is 0.467. The molecule has 0 spiro atoms. The Labute approximate surface area is 117 Å². The molecule has 0 radical (unpaired) electrons. The Balaban J connectivity index is 2.04. The minimum Gasteiger partial charge on any atom is -0.481 e. The Kier molecular flexibility index (Phi) is 4.06. The molecular formula is C15H18FNO3. The zero-order chi connectivity index (χ0) is 14.8. The van der Waals surface area contributed by atoms with Gasteiger partial charge in [0.15, 0.2) is 0 Å². The minimum atomic E-state index is -0.951. The first kappa shape index (κ1) is 14.5. The van der Waals surface area contributed by atoms with Crippen molar-refractivity contribution in [3.05, 3.63) is 29.6 Å². The van der Waals surface area contributed by atoms with Gasteiger partial charge in [-0.3, -0.25) is 9.59 Å². The van der Waals surface area contributed by atoms with E-state index < -0.39 is 17.2 Å². The van der Waals surface area contributed by atoms with E-state index in [2.05, 4.69) is 5.32 Å². The molecule has 1 saturated carbocycles. The molecule has 1 aromatic rings. The molecule has 0 atom stereocenters. The Morgan fingerprint density at radius 1 is 1.35 bits per heavy atom. The molecule has 0 saturated heterocycles. The molecule has 1 aromatic carbocycles. The van der Waals surface area contributed by atoms with Crippen molar-refractivity contribution in [2.45, 2.75) is 39.0 Å². The monoisotopic (exact) mass is 279 g/mol. The molecule has 2 rings (SSSR count). The second-order valence-electron chi connectivity index (χ2n) is 5.48. The van der Waals surface area contributed by atoms with Gasteiger partial charge in [-0.1, -0.05) is 18.9 Å². The number of amides is 1. The fourth-order valence-corrected chi connectivity index (χ4v) is 2.70. The average Bonchev–Trinajstić information content (AvgIpc) is 2.83. The highest BCUT2D eigenvalue weighted by molar-refractivity contribution is 5.94. The van der Waals surface area contributed by atoms with Crippen LogP contribution in [-0.2, 0) is 9.59 Å². The largest absolute Gasteiger partial charge is 0.481 e. The summed E-state index contributed by atoms with van der Waals surface area (Å²) in [5.74, 6) is -1.69. The molecular weight excluding hydrogens is 261 g/mol. The van der Waals surface area contributed by atoms with Gasteiger partial charge in [0, 0.05) is 12.1 Å². The number of aliphatic carboxylic acids is 1. The molecule has 0 bridgehead atoms. The number of benzene rings is 1. The lowest BCUT2D eigenvalue weighted by atomic mass is 9.82. The highest BCUT2D eigenvalue weighted by Crippen LogP contribution is 2.41. The normalized spacial score (nSPS) is 16.9. The van der Waals surface area contributed by atoms with Crippen LogP contribution in [0.25, 0.3) is 0 Å². The summed E-state index contributed by atoms with van der Waals surface area (Å²) in [5, 5.41) is 11.9. The number of carbonyl (C=O) groups is 2. The van der Waals surface area contributed by atoms with Crippen LogP contribution in [0.1, 0.15) is 37.7 Å². The van der Waals surface area contributed by atoms with Crippen LogP contribution in [0, 0.1) is 18.2 Å². The summed E-state index contributed by atoms with van der Waals surface area (Å²) in [6.07, 6.45) is 2.66. The van der Waals surface area contributed by atoms with E-state index in [-0.39, 0.29) is 12.3 Å². The molecule has 2 N–H and O–H groups in total. The maximum absolute atomic E-state index is 13.4. The van der Waals surface area contributed by atoms with Gasteiger partial charge in [-0.05, 0) is 37.5 Å². The van der Waals surface area contributed by atoms with Crippen molar-refractivity contribution in [3.63, 3.8) is 0 Å². The molecule has 0 aliphatic heterocycles. The Bertz CT molecular complexity index is 536. The van der Waals surface area contributed by atoms with E-state index >= 15 is 0 Å². The summed E-state index contributed by atoms with van der Waals surface area (Å²) in [4.78, 5) is 23.3. The van der Waals surface area contributed by atoms with E-state index in [1.165, 1.54) is 6.07 Å². The van der Waals surface area contributed by atoms with Crippen molar-refractivity contribution in [1.82, 2.24) is 0 Å². The summed E-state index contributed by atoms with van der Waals surface area (Å²) in [6, 6.07) is 4.43. The summed E-state index contributed by atoms with van der Waals surface area (Å²) >= 11 is 0. The molecule has 1 aliphatic carbocycles. The average molecular weight is 279 g/mol. The lowest BCUT2D eigenvalue weighted by Gasteiger charge is -2.22. The Morgan fingerprint density at radius 3 is 2.55 bits per heavy atom. The smallest absolute Gasteiger partial charge is 0.310 e. The minimum absolute atomic E-state index is 0.0577. The van der Waals surface area contributed by atoms with E-state index in [1.54, 1.807) is 19.1 Å². The fourth-order valence-electron chi connectivity index (χ4n) is 2.70. The zero-order valence-corrected chi connectivity index (χ0v) is 11.4. The molecule has 0 aromatic heterocycles. The van der Waals surface area contributed by atoms with Crippen molar-refractivity contribution in [1.29, 1.82) is 0 Å². The van der Waals surface area contributed by atoms with Crippen molar-refractivity contribution >= 4 is 17.6 Å². The first-order chi connectivity index (χ1) is 9.43. The van der Waals surface area contributed by atoms with Crippen LogP contribution >= 0.6 is 0 Å². The van der Waals surface area contributed by atoms with Crippen LogP contribution in [0.2, 0.25) is 0 Å². The van der Waals surface area contributed by atoms with Gasteiger partial charge in [0.25, 0.3) is 0 Å². The molecule has 0 heterocycles.